The van der Waals surface area contributed by atoms with Crippen LogP contribution in [0.3, 0.4) is 0 Å². The van der Waals surface area contributed by atoms with Crippen molar-refractivity contribution >= 4 is 29.2 Å². The molecule has 3 rings (SSSR count). The van der Waals surface area contributed by atoms with Gasteiger partial charge in [-0.25, -0.2) is 0 Å². The van der Waals surface area contributed by atoms with Crippen molar-refractivity contribution in [2.45, 2.75) is 13.8 Å². The summed E-state index contributed by atoms with van der Waals surface area (Å²) in [5, 5.41) is 1.97. The number of aryl methyl sites for hydroxylation is 1. The monoisotopic (exact) mass is 300 g/mol. The number of benzene rings is 1. The number of carbonyl (C=O) groups excluding carboxylic acids is 2. The van der Waals surface area contributed by atoms with E-state index in [9.17, 15) is 9.59 Å². The number of allylic oxidation sites excluding steroid dienone is 1. The Morgan fingerprint density at radius 2 is 2.14 bits per heavy atom. The minimum atomic E-state index is -0.413. The largest absolute Gasteiger partial charge is 0.452 e. The van der Waals surface area contributed by atoms with Gasteiger partial charge in [-0.1, -0.05) is 0 Å². The predicted octanol–water partition coefficient (Wildman–Crippen LogP) is 3.60. The molecule has 4 nitrogen and oxygen atoms in total. The number of esters is 1. The maximum absolute atomic E-state index is 12.3. The summed E-state index contributed by atoms with van der Waals surface area (Å²) in [4.78, 5) is 24.2. The molecule has 1 aliphatic rings. The summed E-state index contributed by atoms with van der Waals surface area (Å²) in [6.07, 6.45) is 1.74. The lowest BCUT2D eigenvalue weighted by Gasteiger charge is -2.02. The van der Waals surface area contributed by atoms with Crippen LogP contribution >= 0.6 is 11.3 Å². The molecule has 0 amide bonds. The Balaban J connectivity index is 1.93. The normalized spacial score (nSPS) is 15.0. The van der Waals surface area contributed by atoms with Gasteiger partial charge in [0, 0.05) is 23.9 Å². The van der Waals surface area contributed by atoms with Crippen molar-refractivity contribution in [3.63, 3.8) is 0 Å². The Morgan fingerprint density at radius 1 is 1.33 bits per heavy atom. The van der Waals surface area contributed by atoms with Crippen molar-refractivity contribution in [2.24, 2.45) is 0 Å². The van der Waals surface area contributed by atoms with E-state index in [1.165, 1.54) is 6.92 Å². The zero-order chi connectivity index (χ0) is 15.0. The molecular formula is C16H12O4S. The maximum atomic E-state index is 12.3. The van der Waals surface area contributed by atoms with Crippen LogP contribution in [0.25, 0.3) is 6.08 Å². The fraction of sp³-hybridized carbons (Fsp3) is 0.125. The quantitative estimate of drug-likeness (QED) is 0.483. The van der Waals surface area contributed by atoms with Crippen LogP contribution in [0.2, 0.25) is 0 Å². The van der Waals surface area contributed by atoms with Gasteiger partial charge >= 0.3 is 5.97 Å². The van der Waals surface area contributed by atoms with E-state index in [1.807, 2.05) is 18.4 Å². The van der Waals surface area contributed by atoms with E-state index in [2.05, 4.69) is 0 Å². The van der Waals surface area contributed by atoms with E-state index < -0.39 is 5.97 Å². The molecule has 0 fully saturated rings. The zero-order valence-electron chi connectivity index (χ0n) is 11.5. The predicted molar refractivity (Wildman–Crippen MR) is 79.7 cm³/mol. The molecule has 106 valence electrons. The molecule has 0 N–H and O–H groups in total. The van der Waals surface area contributed by atoms with Crippen molar-refractivity contribution in [1.82, 2.24) is 0 Å². The smallest absolute Gasteiger partial charge is 0.308 e. The number of fused-ring (bicyclic) bond motifs is 1. The lowest BCUT2D eigenvalue weighted by Crippen LogP contribution is -2.01. The summed E-state index contributed by atoms with van der Waals surface area (Å²) in [7, 11) is 0. The first-order valence-corrected chi connectivity index (χ1v) is 7.23. The van der Waals surface area contributed by atoms with Crippen molar-refractivity contribution in [3.05, 3.63) is 51.4 Å². The highest BCUT2D eigenvalue weighted by Crippen LogP contribution is 2.35. The number of hydrogen-bond acceptors (Lipinski definition) is 5. The second kappa shape index (κ2) is 5.18. The van der Waals surface area contributed by atoms with Crippen LogP contribution < -0.4 is 9.47 Å². The molecule has 5 heteroatoms. The van der Waals surface area contributed by atoms with Gasteiger partial charge in [0.15, 0.2) is 5.76 Å². The SMILES string of the molecule is CC(=O)Oc1ccc2c(c1)O/C(=C/c1sccc1C)C2=O. The van der Waals surface area contributed by atoms with Gasteiger partial charge in [0.1, 0.15) is 11.5 Å². The Hall–Kier alpha value is -2.40. The number of hydrogen-bond donors (Lipinski definition) is 0. The number of thiophene rings is 1. The van der Waals surface area contributed by atoms with Crippen LogP contribution in [0.5, 0.6) is 11.5 Å². The van der Waals surface area contributed by atoms with Crippen molar-refractivity contribution < 1.29 is 19.1 Å². The molecular weight excluding hydrogens is 288 g/mol. The van der Waals surface area contributed by atoms with Gasteiger partial charge in [0.25, 0.3) is 0 Å². The lowest BCUT2D eigenvalue weighted by molar-refractivity contribution is -0.131. The van der Waals surface area contributed by atoms with Crippen molar-refractivity contribution in [2.75, 3.05) is 0 Å². The van der Waals surface area contributed by atoms with E-state index in [4.69, 9.17) is 9.47 Å². The fourth-order valence-electron chi connectivity index (χ4n) is 2.05. The van der Waals surface area contributed by atoms with E-state index in [-0.39, 0.29) is 11.5 Å². The van der Waals surface area contributed by atoms with E-state index in [0.717, 1.165) is 10.4 Å². The molecule has 21 heavy (non-hydrogen) atoms. The highest BCUT2D eigenvalue weighted by Gasteiger charge is 2.28. The molecule has 0 saturated carbocycles. The minimum Gasteiger partial charge on any atom is -0.452 e. The molecule has 1 aromatic carbocycles. The van der Waals surface area contributed by atoms with Crippen LogP contribution in [0, 0.1) is 6.92 Å². The summed E-state index contributed by atoms with van der Waals surface area (Å²) in [6.45, 7) is 3.30. The summed E-state index contributed by atoms with van der Waals surface area (Å²) in [5.74, 6) is 0.494. The minimum absolute atomic E-state index is 0.160. The van der Waals surface area contributed by atoms with Crippen LogP contribution in [0.15, 0.2) is 35.4 Å². The van der Waals surface area contributed by atoms with Crippen LogP contribution in [-0.4, -0.2) is 11.8 Å². The molecule has 2 aromatic rings. The van der Waals surface area contributed by atoms with Gasteiger partial charge in [-0.15, -0.1) is 11.3 Å². The van der Waals surface area contributed by atoms with Crippen LogP contribution in [-0.2, 0) is 4.79 Å². The Kier molecular flexibility index (Phi) is 3.35. The molecule has 0 radical (unpaired) electrons. The highest BCUT2D eigenvalue weighted by molar-refractivity contribution is 7.11. The first-order valence-electron chi connectivity index (χ1n) is 6.35. The van der Waals surface area contributed by atoms with Crippen LogP contribution in [0.4, 0.5) is 0 Å². The number of Topliss-reactive ketones (excluding diaryl/α,β-unsaturated/α-hetero) is 1. The topological polar surface area (TPSA) is 52.6 Å². The van der Waals surface area contributed by atoms with Crippen molar-refractivity contribution in [1.29, 1.82) is 0 Å². The first kappa shape index (κ1) is 13.6. The summed E-state index contributed by atoms with van der Waals surface area (Å²) < 4.78 is 10.6. The molecule has 1 aliphatic heterocycles. The van der Waals surface area contributed by atoms with Gasteiger partial charge < -0.3 is 9.47 Å². The molecule has 0 unspecified atom stereocenters. The highest BCUT2D eigenvalue weighted by atomic mass is 32.1. The second-order valence-corrected chi connectivity index (χ2v) is 5.61. The Bertz CT molecular complexity index is 770. The van der Waals surface area contributed by atoms with E-state index in [1.54, 1.807) is 35.6 Å². The average molecular weight is 300 g/mol. The fourth-order valence-corrected chi connectivity index (χ4v) is 2.90. The van der Waals surface area contributed by atoms with Gasteiger partial charge in [0.2, 0.25) is 5.78 Å². The van der Waals surface area contributed by atoms with Gasteiger partial charge in [-0.2, -0.15) is 0 Å². The molecule has 0 bridgehead atoms. The number of ketones is 1. The summed E-state index contributed by atoms with van der Waals surface area (Å²) in [5.41, 5.74) is 1.58. The third kappa shape index (κ3) is 2.60. The average Bonchev–Trinajstić information content (AvgIpc) is 2.95. The van der Waals surface area contributed by atoms with E-state index in [0.29, 0.717) is 17.1 Å². The lowest BCUT2D eigenvalue weighted by atomic mass is 10.1. The third-order valence-electron chi connectivity index (χ3n) is 3.07. The zero-order valence-corrected chi connectivity index (χ0v) is 12.3. The summed E-state index contributed by atoms with van der Waals surface area (Å²) in [6, 6.07) is 6.73. The first-order chi connectivity index (χ1) is 10.0. The summed E-state index contributed by atoms with van der Waals surface area (Å²) >= 11 is 1.55. The molecule has 0 saturated heterocycles. The molecule has 0 atom stereocenters. The standard InChI is InChI=1S/C16H12O4S/c1-9-5-6-21-15(9)8-14-16(18)12-4-3-11(19-10(2)17)7-13(12)20-14/h3-8H,1-2H3/b14-8+. The number of rotatable bonds is 2. The number of ether oxygens (including phenoxy) is 2. The maximum Gasteiger partial charge on any atom is 0.308 e. The second-order valence-electron chi connectivity index (χ2n) is 4.66. The van der Waals surface area contributed by atoms with Crippen molar-refractivity contribution in [3.8, 4) is 11.5 Å². The molecule has 0 spiro atoms. The Labute approximate surface area is 125 Å². The Morgan fingerprint density at radius 3 is 2.81 bits per heavy atom. The third-order valence-corrected chi connectivity index (χ3v) is 4.03. The van der Waals surface area contributed by atoms with E-state index >= 15 is 0 Å². The van der Waals surface area contributed by atoms with Gasteiger partial charge in [-0.3, -0.25) is 9.59 Å². The van der Waals surface area contributed by atoms with Gasteiger partial charge in [-0.05, 0) is 36.1 Å². The molecule has 0 aliphatic carbocycles. The number of carbonyl (C=O) groups is 2. The molecule has 1 aromatic heterocycles. The molecule has 2 heterocycles. The van der Waals surface area contributed by atoms with Gasteiger partial charge in [0.05, 0.1) is 5.56 Å². The van der Waals surface area contributed by atoms with Crippen LogP contribution in [0.1, 0.15) is 27.7 Å².